The maximum atomic E-state index is 6.05. The third-order valence-electron chi connectivity index (χ3n) is 4.81. The van der Waals surface area contributed by atoms with Crippen molar-refractivity contribution in [1.29, 1.82) is 0 Å². The summed E-state index contributed by atoms with van der Waals surface area (Å²) in [5, 5.41) is 3.56. The quantitative estimate of drug-likeness (QED) is 0.382. The molecule has 3 nitrogen and oxygen atoms in total. The zero-order valence-corrected chi connectivity index (χ0v) is 17.2. The molecule has 4 heteroatoms. The summed E-state index contributed by atoms with van der Waals surface area (Å²) in [5.41, 5.74) is 5.60. The zero-order valence-electron chi connectivity index (χ0n) is 15.2. The summed E-state index contributed by atoms with van der Waals surface area (Å²) in [4.78, 5) is 0. The molecule has 0 fully saturated rings. The molecular formula is C17H40N2OSi. The number of nitrogens with two attached hydrogens (primary N) is 1. The van der Waals surface area contributed by atoms with Crippen molar-refractivity contribution in [3.8, 4) is 0 Å². The first kappa shape index (κ1) is 21.1. The molecule has 0 saturated heterocycles. The van der Waals surface area contributed by atoms with Crippen molar-refractivity contribution in [2.45, 2.75) is 78.2 Å². The minimum Gasteiger partial charge on any atom is -0.422 e. The summed E-state index contributed by atoms with van der Waals surface area (Å²) in [7, 11) is 0.838. The Hall–Kier alpha value is 0.0969. The van der Waals surface area contributed by atoms with E-state index in [1.54, 1.807) is 0 Å². The van der Waals surface area contributed by atoms with Crippen LogP contribution in [0.5, 0.6) is 0 Å². The van der Waals surface area contributed by atoms with Gasteiger partial charge in [-0.3, -0.25) is 0 Å². The van der Waals surface area contributed by atoms with Crippen LogP contribution in [0.3, 0.4) is 0 Å². The minimum atomic E-state index is 0.106. The Balaban J connectivity index is 3.68. The van der Waals surface area contributed by atoms with Crippen LogP contribution < -0.4 is 11.1 Å². The van der Waals surface area contributed by atoms with Gasteiger partial charge in [0.2, 0.25) is 0 Å². The highest BCUT2D eigenvalue weighted by atomic mass is 28.2. The van der Waals surface area contributed by atoms with Gasteiger partial charge in [-0.2, -0.15) is 0 Å². The lowest BCUT2D eigenvalue weighted by molar-refractivity contribution is -0.0242. The molecule has 21 heavy (non-hydrogen) atoms. The lowest BCUT2D eigenvalue weighted by Gasteiger charge is -2.41. The van der Waals surface area contributed by atoms with E-state index in [1.807, 2.05) is 0 Å². The molecule has 0 unspecified atom stereocenters. The molecular weight excluding hydrogens is 276 g/mol. The van der Waals surface area contributed by atoms with Gasteiger partial charge in [-0.25, -0.2) is 0 Å². The average Bonchev–Trinajstić information content (AvgIpc) is 2.44. The molecule has 128 valence electrons. The fourth-order valence-electron chi connectivity index (χ4n) is 3.34. The van der Waals surface area contributed by atoms with Crippen molar-refractivity contribution in [3.63, 3.8) is 0 Å². The summed E-state index contributed by atoms with van der Waals surface area (Å²) in [6.07, 6.45) is 8.76. The van der Waals surface area contributed by atoms with Crippen LogP contribution in [0.2, 0.25) is 0 Å². The highest BCUT2D eigenvalue weighted by Gasteiger charge is 2.35. The Morgan fingerprint density at radius 2 is 1.43 bits per heavy atom. The topological polar surface area (TPSA) is 47.3 Å². The fraction of sp³-hybridized carbons (Fsp3) is 1.00. The second-order valence-corrected chi connectivity index (χ2v) is 7.29. The molecule has 0 aromatic heterocycles. The maximum Gasteiger partial charge on any atom is 0.146 e. The molecule has 0 amide bonds. The number of hydrogen-bond donors (Lipinski definition) is 2. The highest BCUT2D eigenvalue weighted by molar-refractivity contribution is 5.98. The molecule has 0 aliphatic heterocycles. The van der Waals surface area contributed by atoms with Gasteiger partial charge >= 0.3 is 0 Å². The van der Waals surface area contributed by atoms with E-state index < -0.39 is 0 Å². The lowest BCUT2D eigenvalue weighted by atomic mass is 9.77. The van der Waals surface area contributed by atoms with Crippen LogP contribution in [0, 0.1) is 11.8 Å². The monoisotopic (exact) mass is 316 g/mol. The fourth-order valence-corrected chi connectivity index (χ4v) is 4.49. The molecule has 0 aromatic rings. The molecule has 0 saturated carbocycles. The summed E-state index contributed by atoms with van der Waals surface area (Å²) in [5.74, 6) is 1.20. The SMILES string of the molecule is CC(C)C(CCCCNCCCCCCN)(O[SiH3])C(C)C. The van der Waals surface area contributed by atoms with Gasteiger partial charge in [-0.05, 0) is 63.6 Å². The molecule has 0 radical (unpaired) electrons. The van der Waals surface area contributed by atoms with Gasteiger partial charge in [0.25, 0.3) is 0 Å². The summed E-state index contributed by atoms with van der Waals surface area (Å²) in [6.45, 7) is 12.3. The van der Waals surface area contributed by atoms with Crippen molar-refractivity contribution in [2.75, 3.05) is 19.6 Å². The van der Waals surface area contributed by atoms with Crippen LogP contribution >= 0.6 is 0 Å². The van der Waals surface area contributed by atoms with Gasteiger partial charge in [0.15, 0.2) is 0 Å². The van der Waals surface area contributed by atoms with Gasteiger partial charge < -0.3 is 15.5 Å². The van der Waals surface area contributed by atoms with Gasteiger partial charge in [-0.1, -0.05) is 40.5 Å². The predicted molar refractivity (Wildman–Crippen MR) is 97.7 cm³/mol. The van der Waals surface area contributed by atoms with Crippen LogP contribution in [-0.2, 0) is 4.43 Å². The van der Waals surface area contributed by atoms with E-state index >= 15 is 0 Å². The Morgan fingerprint density at radius 3 is 1.90 bits per heavy atom. The number of nitrogens with one attached hydrogen (secondary N) is 1. The van der Waals surface area contributed by atoms with E-state index in [4.69, 9.17) is 10.2 Å². The van der Waals surface area contributed by atoms with E-state index in [9.17, 15) is 0 Å². The molecule has 3 N–H and O–H groups in total. The Labute approximate surface area is 136 Å². The average molecular weight is 317 g/mol. The van der Waals surface area contributed by atoms with Crippen molar-refractivity contribution in [1.82, 2.24) is 5.32 Å². The molecule has 0 aromatic carbocycles. The van der Waals surface area contributed by atoms with Gasteiger partial charge in [0.1, 0.15) is 10.5 Å². The second kappa shape index (κ2) is 12.6. The van der Waals surface area contributed by atoms with E-state index in [2.05, 4.69) is 33.0 Å². The van der Waals surface area contributed by atoms with Crippen molar-refractivity contribution < 1.29 is 4.43 Å². The Morgan fingerprint density at radius 1 is 0.905 bits per heavy atom. The first-order chi connectivity index (χ1) is 10.0. The first-order valence-electron chi connectivity index (χ1n) is 8.97. The highest BCUT2D eigenvalue weighted by Crippen LogP contribution is 2.34. The smallest absolute Gasteiger partial charge is 0.146 e. The van der Waals surface area contributed by atoms with Gasteiger partial charge in [0, 0.05) is 0 Å². The van der Waals surface area contributed by atoms with Crippen LogP contribution in [0.25, 0.3) is 0 Å². The summed E-state index contributed by atoms with van der Waals surface area (Å²) in [6, 6.07) is 0. The summed E-state index contributed by atoms with van der Waals surface area (Å²) < 4.78 is 6.05. The Bertz CT molecular complexity index is 227. The molecule has 0 aliphatic carbocycles. The van der Waals surface area contributed by atoms with Crippen LogP contribution in [0.1, 0.15) is 72.6 Å². The van der Waals surface area contributed by atoms with E-state index in [0.29, 0.717) is 11.8 Å². The molecule has 0 rings (SSSR count). The number of unbranched alkanes of at least 4 members (excludes halogenated alkanes) is 4. The third-order valence-corrected chi connectivity index (χ3v) is 5.57. The molecule has 0 bridgehead atoms. The molecule has 0 atom stereocenters. The van der Waals surface area contributed by atoms with Crippen molar-refractivity contribution in [3.05, 3.63) is 0 Å². The molecule has 0 aliphatic rings. The van der Waals surface area contributed by atoms with Crippen molar-refractivity contribution in [2.24, 2.45) is 17.6 Å². The van der Waals surface area contributed by atoms with E-state index in [1.165, 1.54) is 44.9 Å². The second-order valence-electron chi connectivity index (χ2n) is 6.88. The zero-order chi connectivity index (χ0) is 16.1. The van der Waals surface area contributed by atoms with E-state index in [-0.39, 0.29) is 5.60 Å². The largest absolute Gasteiger partial charge is 0.422 e. The van der Waals surface area contributed by atoms with Crippen LogP contribution in [-0.4, -0.2) is 35.7 Å². The van der Waals surface area contributed by atoms with Gasteiger partial charge in [0.05, 0.1) is 5.60 Å². The normalized spacial score (nSPS) is 12.7. The maximum absolute atomic E-state index is 6.05. The van der Waals surface area contributed by atoms with Crippen molar-refractivity contribution >= 4 is 10.5 Å². The van der Waals surface area contributed by atoms with Crippen LogP contribution in [0.4, 0.5) is 0 Å². The first-order valence-corrected chi connectivity index (χ1v) is 9.78. The summed E-state index contributed by atoms with van der Waals surface area (Å²) >= 11 is 0. The van der Waals surface area contributed by atoms with E-state index in [0.717, 1.165) is 30.1 Å². The minimum absolute atomic E-state index is 0.106. The third kappa shape index (κ3) is 8.34. The van der Waals surface area contributed by atoms with Gasteiger partial charge in [-0.15, -0.1) is 0 Å². The number of rotatable bonds is 14. The number of hydrogen-bond acceptors (Lipinski definition) is 3. The standard InChI is InChI=1S/C17H40N2OSi/c1-15(2)17(20-21,16(3)4)11-7-10-14-19-13-9-6-5-8-12-18/h15-16,19H,5-14,18H2,1-4,21H3. The Kier molecular flexibility index (Phi) is 12.7. The molecule has 0 heterocycles. The molecule has 0 spiro atoms. The van der Waals surface area contributed by atoms with Crippen LogP contribution in [0.15, 0.2) is 0 Å². The lowest BCUT2D eigenvalue weighted by Crippen LogP contribution is -2.43. The predicted octanol–water partition coefficient (Wildman–Crippen LogP) is 2.61.